The van der Waals surface area contributed by atoms with Crippen molar-refractivity contribution in [2.45, 2.75) is 0 Å². The topological polar surface area (TPSA) is 52.0 Å². The van der Waals surface area contributed by atoms with Crippen LogP contribution < -0.4 is 11.2 Å². The third kappa shape index (κ3) is 0.961. The molecule has 1 heterocycles. The standard InChI is InChI=1S/C7H5BN2O/c8-4-1-2-6-5(3-4)10-7(9)11-6/h1-3H,(H2,9,10). The van der Waals surface area contributed by atoms with Gasteiger partial charge in [-0.1, -0.05) is 11.5 Å². The van der Waals surface area contributed by atoms with Crippen molar-refractivity contribution >= 4 is 30.4 Å². The Bertz CT molecular complexity index is 396. The number of hydrogen-bond donors (Lipinski definition) is 1. The third-order valence-electron chi connectivity index (χ3n) is 1.43. The van der Waals surface area contributed by atoms with Crippen molar-refractivity contribution in [1.29, 1.82) is 0 Å². The largest absolute Gasteiger partial charge is 0.424 e. The van der Waals surface area contributed by atoms with Crippen molar-refractivity contribution in [2.75, 3.05) is 5.73 Å². The predicted octanol–water partition coefficient (Wildman–Crippen LogP) is 0.204. The Kier molecular flexibility index (Phi) is 1.15. The van der Waals surface area contributed by atoms with Crippen LogP contribution in [0, 0.1) is 0 Å². The minimum atomic E-state index is 0.172. The second-order valence-electron chi connectivity index (χ2n) is 2.28. The molecule has 0 aliphatic carbocycles. The highest BCUT2D eigenvalue weighted by molar-refractivity contribution is 6.33. The van der Waals surface area contributed by atoms with Crippen LogP contribution in [0.5, 0.6) is 0 Å². The molecular formula is C7H5BN2O. The van der Waals surface area contributed by atoms with Crippen molar-refractivity contribution in [1.82, 2.24) is 4.98 Å². The summed E-state index contributed by atoms with van der Waals surface area (Å²) in [7, 11) is 5.51. The highest BCUT2D eigenvalue weighted by atomic mass is 16.4. The van der Waals surface area contributed by atoms with E-state index in [-0.39, 0.29) is 6.01 Å². The number of anilines is 1. The van der Waals surface area contributed by atoms with Gasteiger partial charge in [0.2, 0.25) is 0 Å². The number of nitrogens with zero attached hydrogens (tertiary/aromatic N) is 1. The Morgan fingerprint density at radius 2 is 2.27 bits per heavy atom. The number of aromatic nitrogens is 1. The molecule has 1 aromatic carbocycles. The van der Waals surface area contributed by atoms with Crippen molar-refractivity contribution in [2.24, 2.45) is 0 Å². The Hall–Kier alpha value is -1.45. The van der Waals surface area contributed by atoms with Gasteiger partial charge < -0.3 is 10.2 Å². The molecule has 4 heteroatoms. The number of oxazole rings is 1. The first-order valence-electron chi connectivity index (χ1n) is 3.17. The second-order valence-corrected chi connectivity index (χ2v) is 2.28. The maximum atomic E-state index is 5.51. The Morgan fingerprint density at radius 3 is 3.09 bits per heavy atom. The first kappa shape index (κ1) is 6.28. The molecule has 2 aromatic rings. The maximum Gasteiger partial charge on any atom is 0.292 e. The number of nitrogen functional groups attached to an aromatic ring is 1. The Labute approximate surface area is 64.6 Å². The molecule has 0 fully saturated rings. The quantitative estimate of drug-likeness (QED) is 0.537. The zero-order valence-corrected chi connectivity index (χ0v) is 5.74. The number of hydrogen-bond acceptors (Lipinski definition) is 3. The van der Waals surface area contributed by atoms with Crippen LogP contribution in [0.2, 0.25) is 0 Å². The van der Waals surface area contributed by atoms with E-state index in [0.717, 1.165) is 0 Å². The first-order chi connectivity index (χ1) is 5.25. The molecule has 0 aliphatic heterocycles. The molecule has 0 amide bonds. The molecule has 3 nitrogen and oxygen atoms in total. The summed E-state index contributed by atoms with van der Waals surface area (Å²) in [6.07, 6.45) is 0. The molecule has 0 spiro atoms. The van der Waals surface area contributed by atoms with Gasteiger partial charge >= 0.3 is 0 Å². The zero-order chi connectivity index (χ0) is 7.84. The van der Waals surface area contributed by atoms with Crippen molar-refractivity contribution < 1.29 is 4.42 Å². The van der Waals surface area contributed by atoms with E-state index in [2.05, 4.69) is 4.98 Å². The van der Waals surface area contributed by atoms with Gasteiger partial charge in [0.05, 0.1) is 0 Å². The molecular weight excluding hydrogens is 139 g/mol. The van der Waals surface area contributed by atoms with Crippen LogP contribution in [0.15, 0.2) is 22.6 Å². The molecule has 0 aliphatic rings. The van der Waals surface area contributed by atoms with Crippen LogP contribution in [0.1, 0.15) is 0 Å². The lowest BCUT2D eigenvalue weighted by atomic mass is 9.96. The summed E-state index contributed by atoms with van der Waals surface area (Å²) < 4.78 is 5.03. The van der Waals surface area contributed by atoms with Crippen LogP contribution in [-0.4, -0.2) is 12.8 Å². The molecule has 0 saturated carbocycles. The van der Waals surface area contributed by atoms with Gasteiger partial charge in [0.25, 0.3) is 6.01 Å². The average molecular weight is 144 g/mol. The number of rotatable bonds is 0. The summed E-state index contributed by atoms with van der Waals surface area (Å²) in [4.78, 5) is 3.91. The van der Waals surface area contributed by atoms with Gasteiger partial charge in [-0.2, -0.15) is 4.98 Å². The summed E-state index contributed by atoms with van der Waals surface area (Å²) in [5.74, 6) is 0. The van der Waals surface area contributed by atoms with E-state index in [4.69, 9.17) is 18.0 Å². The Balaban J connectivity index is 2.82. The smallest absolute Gasteiger partial charge is 0.292 e. The van der Waals surface area contributed by atoms with Crippen molar-refractivity contribution in [3.8, 4) is 0 Å². The fourth-order valence-electron chi connectivity index (χ4n) is 0.962. The molecule has 0 atom stereocenters. The van der Waals surface area contributed by atoms with Gasteiger partial charge in [0.15, 0.2) is 5.58 Å². The minimum absolute atomic E-state index is 0.172. The summed E-state index contributed by atoms with van der Waals surface area (Å²) in [6, 6.07) is 5.38. The molecule has 2 radical (unpaired) electrons. The van der Waals surface area contributed by atoms with E-state index in [1.54, 1.807) is 18.2 Å². The van der Waals surface area contributed by atoms with Crippen molar-refractivity contribution in [3.05, 3.63) is 18.2 Å². The zero-order valence-electron chi connectivity index (χ0n) is 5.74. The SMILES string of the molecule is [B]c1ccc2oc(N)nc2c1. The molecule has 0 unspecified atom stereocenters. The molecule has 11 heavy (non-hydrogen) atoms. The van der Waals surface area contributed by atoms with E-state index >= 15 is 0 Å². The second kappa shape index (κ2) is 2.02. The molecule has 2 N–H and O–H groups in total. The van der Waals surface area contributed by atoms with Crippen LogP contribution >= 0.6 is 0 Å². The van der Waals surface area contributed by atoms with Gasteiger partial charge in [-0.3, -0.25) is 0 Å². The van der Waals surface area contributed by atoms with Gasteiger partial charge in [-0.05, 0) is 12.1 Å². The first-order valence-corrected chi connectivity index (χ1v) is 3.17. The van der Waals surface area contributed by atoms with E-state index in [1.807, 2.05) is 0 Å². The van der Waals surface area contributed by atoms with Crippen LogP contribution in [0.4, 0.5) is 6.01 Å². The van der Waals surface area contributed by atoms with Crippen LogP contribution in [0.25, 0.3) is 11.1 Å². The number of nitrogens with two attached hydrogens (primary N) is 1. The predicted molar refractivity (Wildman–Crippen MR) is 43.8 cm³/mol. The van der Waals surface area contributed by atoms with E-state index in [9.17, 15) is 0 Å². The highest BCUT2D eigenvalue weighted by Gasteiger charge is 2.00. The average Bonchev–Trinajstić information content (AvgIpc) is 2.27. The normalized spacial score (nSPS) is 10.5. The van der Waals surface area contributed by atoms with Gasteiger partial charge in [0.1, 0.15) is 13.4 Å². The molecule has 0 bridgehead atoms. The van der Waals surface area contributed by atoms with E-state index in [0.29, 0.717) is 16.6 Å². The number of benzene rings is 1. The lowest BCUT2D eigenvalue weighted by molar-refractivity contribution is 0.626. The van der Waals surface area contributed by atoms with Gasteiger partial charge in [-0.25, -0.2) is 0 Å². The van der Waals surface area contributed by atoms with E-state index < -0.39 is 0 Å². The number of fused-ring (bicyclic) bond motifs is 1. The summed E-state index contributed by atoms with van der Waals surface area (Å²) in [5, 5.41) is 0. The maximum absolute atomic E-state index is 5.51. The monoisotopic (exact) mass is 144 g/mol. The van der Waals surface area contributed by atoms with Gasteiger partial charge in [0, 0.05) is 0 Å². The lowest BCUT2D eigenvalue weighted by Gasteiger charge is -1.87. The fraction of sp³-hybridized carbons (Fsp3) is 0. The Morgan fingerprint density at radius 1 is 1.45 bits per heavy atom. The molecule has 1 aromatic heterocycles. The minimum Gasteiger partial charge on any atom is -0.424 e. The van der Waals surface area contributed by atoms with E-state index in [1.165, 1.54) is 0 Å². The molecule has 52 valence electrons. The molecule has 2 rings (SSSR count). The summed E-state index contributed by atoms with van der Waals surface area (Å²) >= 11 is 0. The van der Waals surface area contributed by atoms with Crippen LogP contribution in [-0.2, 0) is 0 Å². The summed E-state index contributed by atoms with van der Waals surface area (Å²) in [6.45, 7) is 0. The highest BCUT2D eigenvalue weighted by Crippen LogP contribution is 2.13. The summed E-state index contributed by atoms with van der Waals surface area (Å²) in [5.41, 5.74) is 7.34. The van der Waals surface area contributed by atoms with Crippen molar-refractivity contribution in [3.63, 3.8) is 0 Å². The lowest BCUT2D eigenvalue weighted by Crippen LogP contribution is -1.98. The van der Waals surface area contributed by atoms with Crippen LogP contribution in [0.3, 0.4) is 0 Å². The molecule has 0 saturated heterocycles. The van der Waals surface area contributed by atoms with Gasteiger partial charge in [-0.15, -0.1) is 0 Å². The third-order valence-corrected chi connectivity index (χ3v) is 1.43. The fourth-order valence-corrected chi connectivity index (χ4v) is 0.962.